The number of hydrogen-bond donors (Lipinski definition) is 2. The minimum absolute atomic E-state index is 0.260. The Kier molecular flexibility index (Phi) is 3.65. The van der Waals surface area contributed by atoms with E-state index < -0.39 is 11.8 Å². The van der Waals surface area contributed by atoms with E-state index in [1.54, 1.807) is 18.2 Å². The monoisotopic (exact) mass is 227 g/mol. The summed E-state index contributed by atoms with van der Waals surface area (Å²) in [4.78, 5) is 22.3. The van der Waals surface area contributed by atoms with Gasteiger partial charge >= 0.3 is 0 Å². The summed E-state index contributed by atoms with van der Waals surface area (Å²) >= 11 is 5.78. The molecule has 6 heteroatoms. The number of hydrogen-bond acceptors (Lipinski definition) is 3. The number of amides is 2. The Balaban J connectivity index is 2.78. The van der Waals surface area contributed by atoms with Crippen LogP contribution in [-0.2, 0) is 4.79 Å². The highest BCUT2D eigenvalue weighted by Crippen LogP contribution is 2.14. The Bertz CT molecular complexity index is 395. The van der Waals surface area contributed by atoms with E-state index in [1.165, 1.54) is 13.0 Å². The van der Waals surface area contributed by atoms with Gasteiger partial charge in [-0.3, -0.25) is 9.59 Å². The number of nitrogens with one attached hydrogen (secondary N) is 1. The minimum atomic E-state index is -0.529. The Morgan fingerprint density at radius 1 is 1.40 bits per heavy atom. The third-order valence-electron chi connectivity index (χ3n) is 1.68. The van der Waals surface area contributed by atoms with Crippen LogP contribution in [0.1, 0.15) is 17.3 Å². The summed E-state index contributed by atoms with van der Waals surface area (Å²) in [6, 6.07) is 6.47. The maximum Gasteiger partial charge on any atom is 0.272 e. The van der Waals surface area contributed by atoms with Crippen molar-refractivity contribution < 1.29 is 9.59 Å². The second-order valence-electron chi connectivity index (χ2n) is 2.81. The summed E-state index contributed by atoms with van der Waals surface area (Å²) in [5.41, 5.74) is 2.43. The average Bonchev–Trinajstić information content (AvgIpc) is 2.18. The molecule has 5 nitrogen and oxygen atoms in total. The van der Waals surface area contributed by atoms with Crippen LogP contribution in [-0.4, -0.2) is 16.9 Å². The van der Waals surface area contributed by atoms with E-state index in [0.717, 1.165) is 0 Å². The third kappa shape index (κ3) is 2.93. The largest absolute Gasteiger partial charge is 0.272 e. The number of rotatable bonds is 1. The van der Waals surface area contributed by atoms with Gasteiger partial charge in [0.05, 0.1) is 10.6 Å². The second kappa shape index (κ2) is 4.77. The molecule has 80 valence electrons. The molecule has 1 aromatic carbocycles. The van der Waals surface area contributed by atoms with E-state index in [-0.39, 0.29) is 5.56 Å². The first kappa shape index (κ1) is 11.5. The van der Waals surface area contributed by atoms with Crippen molar-refractivity contribution in [3.63, 3.8) is 0 Å². The smallest absolute Gasteiger partial charge is 0.272 e. The summed E-state index contributed by atoms with van der Waals surface area (Å²) in [7, 11) is 0. The molecule has 2 amide bonds. The van der Waals surface area contributed by atoms with Gasteiger partial charge in [0.2, 0.25) is 0 Å². The maximum absolute atomic E-state index is 11.5. The van der Waals surface area contributed by atoms with Gasteiger partial charge in [-0.2, -0.15) is 5.12 Å². The van der Waals surface area contributed by atoms with Gasteiger partial charge < -0.3 is 0 Å². The number of carbonyl (C=O) groups is 2. The van der Waals surface area contributed by atoms with Gasteiger partial charge in [0.1, 0.15) is 0 Å². The normalized spacial score (nSPS) is 9.53. The van der Waals surface area contributed by atoms with Crippen LogP contribution in [0, 0.1) is 0 Å². The van der Waals surface area contributed by atoms with Crippen LogP contribution in [0.15, 0.2) is 24.3 Å². The molecule has 0 aliphatic carbocycles. The fraction of sp³-hybridized carbons (Fsp3) is 0.111. The standard InChI is InChI=1S/C9H10ClN3O2/c1-6(14)13(11)12-9(15)7-4-2-3-5-8(7)10/h2-5H,11H2,1H3,(H,12,15). The first-order chi connectivity index (χ1) is 7.02. The Morgan fingerprint density at radius 3 is 2.53 bits per heavy atom. The molecule has 0 fully saturated rings. The van der Waals surface area contributed by atoms with Crippen molar-refractivity contribution in [2.45, 2.75) is 6.92 Å². The first-order valence-corrected chi connectivity index (χ1v) is 4.51. The van der Waals surface area contributed by atoms with Crippen molar-refractivity contribution in [1.82, 2.24) is 10.5 Å². The predicted octanol–water partition coefficient (Wildman–Crippen LogP) is 0.707. The summed E-state index contributed by atoms with van der Waals surface area (Å²) in [6.45, 7) is 1.23. The average molecular weight is 228 g/mol. The van der Waals surface area contributed by atoms with Crippen molar-refractivity contribution in [3.05, 3.63) is 34.9 Å². The molecule has 0 heterocycles. The fourth-order valence-corrected chi connectivity index (χ4v) is 1.12. The van der Waals surface area contributed by atoms with Crippen LogP contribution in [0.3, 0.4) is 0 Å². The van der Waals surface area contributed by atoms with Gasteiger partial charge in [0, 0.05) is 6.92 Å². The van der Waals surface area contributed by atoms with E-state index in [1.807, 2.05) is 0 Å². The highest BCUT2D eigenvalue weighted by molar-refractivity contribution is 6.33. The van der Waals surface area contributed by atoms with E-state index in [9.17, 15) is 9.59 Å². The van der Waals surface area contributed by atoms with Gasteiger partial charge in [-0.15, -0.1) is 0 Å². The minimum Gasteiger partial charge on any atom is -0.272 e. The van der Waals surface area contributed by atoms with Crippen LogP contribution in [0.25, 0.3) is 0 Å². The van der Waals surface area contributed by atoms with Crippen LogP contribution in [0.4, 0.5) is 0 Å². The molecule has 1 aromatic rings. The zero-order valence-electron chi connectivity index (χ0n) is 8.03. The zero-order chi connectivity index (χ0) is 11.4. The number of halogens is 1. The molecule has 0 atom stereocenters. The van der Waals surface area contributed by atoms with E-state index in [2.05, 4.69) is 5.43 Å². The van der Waals surface area contributed by atoms with Crippen molar-refractivity contribution >= 4 is 23.4 Å². The van der Waals surface area contributed by atoms with Gasteiger partial charge in [0.25, 0.3) is 11.8 Å². The Labute approximate surface area is 91.7 Å². The van der Waals surface area contributed by atoms with Gasteiger partial charge in [-0.25, -0.2) is 11.3 Å². The summed E-state index contributed by atoms with van der Waals surface area (Å²) in [5.74, 6) is 4.21. The van der Waals surface area contributed by atoms with Crippen molar-refractivity contribution in [1.29, 1.82) is 0 Å². The van der Waals surface area contributed by atoms with E-state index in [0.29, 0.717) is 10.1 Å². The zero-order valence-corrected chi connectivity index (χ0v) is 8.78. The molecule has 3 N–H and O–H groups in total. The predicted molar refractivity (Wildman–Crippen MR) is 55.6 cm³/mol. The lowest BCUT2D eigenvalue weighted by Gasteiger charge is -2.15. The molecule has 0 aliphatic rings. The summed E-state index contributed by atoms with van der Waals surface area (Å²) in [5, 5.41) is 0.901. The van der Waals surface area contributed by atoms with Gasteiger partial charge in [0.15, 0.2) is 0 Å². The van der Waals surface area contributed by atoms with Crippen LogP contribution >= 0.6 is 11.6 Å². The quantitative estimate of drug-likeness (QED) is 0.421. The number of nitrogens with two attached hydrogens (primary N) is 1. The third-order valence-corrected chi connectivity index (χ3v) is 2.01. The van der Waals surface area contributed by atoms with Crippen molar-refractivity contribution in [3.8, 4) is 0 Å². The van der Waals surface area contributed by atoms with Gasteiger partial charge in [-0.1, -0.05) is 23.7 Å². The fourth-order valence-electron chi connectivity index (χ4n) is 0.894. The SMILES string of the molecule is CC(=O)N(N)NC(=O)c1ccccc1Cl. The lowest BCUT2D eigenvalue weighted by Crippen LogP contribution is -2.49. The molecule has 0 aromatic heterocycles. The lowest BCUT2D eigenvalue weighted by molar-refractivity contribution is -0.131. The van der Waals surface area contributed by atoms with Crippen molar-refractivity contribution in [2.24, 2.45) is 5.84 Å². The molecule has 0 spiro atoms. The maximum atomic E-state index is 11.5. The summed E-state index contributed by atoms with van der Waals surface area (Å²) in [6.07, 6.45) is 0. The topological polar surface area (TPSA) is 75.4 Å². The first-order valence-electron chi connectivity index (χ1n) is 4.13. The molecule has 0 radical (unpaired) electrons. The number of benzene rings is 1. The van der Waals surface area contributed by atoms with E-state index >= 15 is 0 Å². The Hall–Kier alpha value is -1.59. The molecule has 0 unspecified atom stereocenters. The Morgan fingerprint density at radius 2 is 2.00 bits per heavy atom. The van der Waals surface area contributed by atoms with E-state index in [4.69, 9.17) is 17.4 Å². The number of hydrazine groups is 2. The molecule has 15 heavy (non-hydrogen) atoms. The summed E-state index contributed by atoms with van der Waals surface area (Å²) < 4.78 is 0. The number of carbonyl (C=O) groups excluding carboxylic acids is 2. The highest BCUT2D eigenvalue weighted by Gasteiger charge is 2.12. The van der Waals surface area contributed by atoms with Crippen LogP contribution < -0.4 is 11.3 Å². The second-order valence-corrected chi connectivity index (χ2v) is 3.22. The van der Waals surface area contributed by atoms with Crippen molar-refractivity contribution in [2.75, 3.05) is 0 Å². The van der Waals surface area contributed by atoms with Gasteiger partial charge in [-0.05, 0) is 12.1 Å². The molecular formula is C9H10ClN3O2. The lowest BCUT2D eigenvalue weighted by atomic mass is 10.2. The molecular weight excluding hydrogens is 218 g/mol. The molecule has 0 bridgehead atoms. The highest BCUT2D eigenvalue weighted by atomic mass is 35.5. The molecule has 0 saturated carbocycles. The van der Waals surface area contributed by atoms with Crippen LogP contribution in [0.5, 0.6) is 0 Å². The molecule has 0 saturated heterocycles. The molecule has 1 rings (SSSR count). The van der Waals surface area contributed by atoms with Crippen LogP contribution in [0.2, 0.25) is 5.02 Å². The molecule has 0 aliphatic heterocycles. The number of nitrogens with zero attached hydrogens (tertiary/aromatic N) is 1.